The molecule has 13 heteroatoms. The second-order valence-electron chi connectivity index (χ2n) is 8.95. The van der Waals surface area contributed by atoms with Gasteiger partial charge in [0.2, 0.25) is 0 Å². The minimum atomic E-state index is -4.31. The zero-order valence-corrected chi connectivity index (χ0v) is 21.9. The van der Waals surface area contributed by atoms with Gasteiger partial charge in [-0.2, -0.15) is 13.2 Å². The van der Waals surface area contributed by atoms with E-state index in [1.165, 1.54) is 33.1 Å². The molecule has 38 heavy (non-hydrogen) atoms. The minimum absolute atomic E-state index is 0. The standard InChI is InChI=1S/C24H26F3NO3.CHF3S.2H2O/c1-14-9-16-12-17(29)6-7-18(16)23(28(14)13-24(2,3)27)22-19(25)10-15(11-20(22)26)5-8-21(30)31-4;2-1(3,4)5;;/h5-8,10-12,14,23,29H,9,13H2,1-4H3;5H;2*1H2/b8-5+;;;. The molecule has 0 spiro atoms. The highest BCUT2D eigenvalue weighted by molar-refractivity contribution is 7.81. The van der Waals surface area contributed by atoms with E-state index in [1.54, 1.807) is 17.0 Å². The summed E-state index contributed by atoms with van der Waals surface area (Å²) in [5.74, 6) is -2.18. The van der Waals surface area contributed by atoms with E-state index in [0.29, 0.717) is 12.0 Å². The van der Waals surface area contributed by atoms with E-state index in [-0.39, 0.29) is 40.4 Å². The normalized spacial score (nSPS) is 17.4. The predicted octanol–water partition coefficient (Wildman–Crippen LogP) is 4.73. The number of benzene rings is 2. The summed E-state index contributed by atoms with van der Waals surface area (Å²) in [5, 5.41) is 9.89. The molecule has 1 aliphatic rings. The Balaban J connectivity index is 0.00000179. The summed E-state index contributed by atoms with van der Waals surface area (Å²) < 4.78 is 80.3. The molecular weight excluding hydrogens is 540 g/mol. The number of thiol groups is 1. The Hall–Kier alpha value is -2.74. The monoisotopic (exact) mass is 571 g/mol. The van der Waals surface area contributed by atoms with Crippen LogP contribution in [0.25, 0.3) is 6.08 Å². The molecule has 6 nitrogen and oxygen atoms in total. The van der Waals surface area contributed by atoms with Crippen molar-refractivity contribution >= 4 is 24.7 Å². The quantitative estimate of drug-likeness (QED) is 0.234. The number of methoxy groups -OCH3 is 1. The Morgan fingerprint density at radius 3 is 2.13 bits per heavy atom. The van der Waals surface area contributed by atoms with E-state index in [9.17, 15) is 27.5 Å². The molecule has 0 saturated heterocycles. The highest BCUT2D eigenvalue weighted by Gasteiger charge is 2.39. The number of halogens is 6. The number of rotatable bonds is 5. The maximum atomic E-state index is 15.2. The van der Waals surface area contributed by atoms with Crippen LogP contribution in [0.5, 0.6) is 5.75 Å². The van der Waals surface area contributed by atoms with Gasteiger partial charge in [-0.1, -0.05) is 18.7 Å². The summed E-state index contributed by atoms with van der Waals surface area (Å²) in [5.41, 5.74) is -4.54. The molecule has 0 radical (unpaired) electrons. The Morgan fingerprint density at radius 2 is 1.66 bits per heavy atom. The van der Waals surface area contributed by atoms with Gasteiger partial charge < -0.3 is 20.8 Å². The molecule has 0 amide bonds. The predicted molar refractivity (Wildman–Crippen MR) is 135 cm³/mol. The number of hydrogen-bond acceptors (Lipinski definition) is 5. The van der Waals surface area contributed by atoms with Crippen LogP contribution in [-0.4, -0.2) is 57.8 Å². The number of phenolic OH excluding ortho intramolecular Hbond substituents is 1. The largest absolute Gasteiger partial charge is 0.508 e. The van der Waals surface area contributed by atoms with Gasteiger partial charge in [-0.3, -0.25) is 4.90 Å². The van der Waals surface area contributed by atoms with Crippen LogP contribution in [0.15, 0.2) is 36.4 Å². The van der Waals surface area contributed by atoms with Crippen molar-refractivity contribution in [2.75, 3.05) is 13.7 Å². The first-order chi connectivity index (χ1) is 16.5. The fourth-order valence-electron chi connectivity index (χ4n) is 4.10. The first kappa shape index (κ1) is 35.3. The second kappa shape index (κ2) is 13.9. The van der Waals surface area contributed by atoms with E-state index >= 15 is 8.78 Å². The van der Waals surface area contributed by atoms with Gasteiger partial charge in [0, 0.05) is 24.2 Å². The molecule has 1 aliphatic heterocycles. The third-order valence-corrected chi connectivity index (χ3v) is 5.38. The van der Waals surface area contributed by atoms with Gasteiger partial charge in [-0.15, -0.1) is 0 Å². The van der Waals surface area contributed by atoms with E-state index in [1.807, 2.05) is 6.92 Å². The minimum Gasteiger partial charge on any atom is -0.508 e. The highest BCUT2D eigenvalue weighted by Crippen LogP contribution is 2.42. The molecule has 2 atom stereocenters. The molecular formula is C25H31F6NO5S. The summed E-state index contributed by atoms with van der Waals surface area (Å²) in [6, 6.07) is 5.86. The fraction of sp³-hybridized carbons (Fsp3) is 0.400. The molecule has 2 unspecified atom stereocenters. The smallest absolute Gasteiger partial charge is 0.438 e. The van der Waals surface area contributed by atoms with E-state index < -0.39 is 34.8 Å². The Kier molecular flexibility index (Phi) is 12.9. The topological polar surface area (TPSA) is 113 Å². The molecule has 0 fully saturated rings. The van der Waals surface area contributed by atoms with Crippen molar-refractivity contribution in [3.05, 3.63) is 70.3 Å². The van der Waals surface area contributed by atoms with Crippen LogP contribution in [0, 0.1) is 11.6 Å². The lowest BCUT2D eigenvalue weighted by molar-refractivity contribution is -0.134. The summed E-state index contributed by atoms with van der Waals surface area (Å²) in [6.07, 6.45) is 2.85. The molecule has 0 bridgehead atoms. The van der Waals surface area contributed by atoms with Gasteiger partial charge in [0.25, 0.3) is 0 Å². The lowest BCUT2D eigenvalue weighted by Gasteiger charge is -2.44. The van der Waals surface area contributed by atoms with E-state index in [4.69, 9.17) is 0 Å². The Morgan fingerprint density at radius 1 is 1.13 bits per heavy atom. The van der Waals surface area contributed by atoms with Crippen LogP contribution in [0.1, 0.15) is 49.1 Å². The number of aromatic hydroxyl groups is 1. The molecule has 2 aromatic carbocycles. The molecule has 0 saturated carbocycles. The van der Waals surface area contributed by atoms with Crippen molar-refractivity contribution in [2.24, 2.45) is 0 Å². The average Bonchev–Trinajstić information content (AvgIpc) is 2.71. The van der Waals surface area contributed by atoms with Crippen LogP contribution >= 0.6 is 12.6 Å². The fourth-order valence-corrected chi connectivity index (χ4v) is 4.10. The third kappa shape index (κ3) is 10.2. The number of phenols is 1. The maximum absolute atomic E-state index is 15.2. The summed E-state index contributed by atoms with van der Waals surface area (Å²) >= 11 is 2.12. The Bertz CT molecular complexity index is 1090. The lowest BCUT2D eigenvalue weighted by atomic mass is 9.83. The van der Waals surface area contributed by atoms with Crippen molar-refractivity contribution in [2.45, 2.75) is 50.5 Å². The van der Waals surface area contributed by atoms with Crippen LogP contribution in [0.3, 0.4) is 0 Å². The summed E-state index contributed by atoms with van der Waals surface area (Å²) in [6.45, 7) is 4.70. The molecule has 0 aliphatic carbocycles. The van der Waals surface area contributed by atoms with Gasteiger partial charge in [-0.25, -0.2) is 18.0 Å². The van der Waals surface area contributed by atoms with Crippen LogP contribution in [0.4, 0.5) is 26.3 Å². The molecule has 3 rings (SSSR count). The van der Waals surface area contributed by atoms with E-state index in [0.717, 1.165) is 23.8 Å². The van der Waals surface area contributed by atoms with Crippen LogP contribution < -0.4 is 0 Å². The number of fused-ring (bicyclic) bond motifs is 1. The summed E-state index contributed by atoms with van der Waals surface area (Å²) in [7, 11) is 1.21. The number of esters is 1. The first-order valence-corrected chi connectivity index (χ1v) is 11.3. The zero-order chi connectivity index (χ0) is 27.4. The van der Waals surface area contributed by atoms with Gasteiger partial charge in [-0.05, 0) is 74.2 Å². The van der Waals surface area contributed by atoms with Gasteiger partial charge in [0.1, 0.15) is 23.1 Å². The van der Waals surface area contributed by atoms with Crippen molar-refractivity contribution in [3.63, 3.8) is 0 Å². The number of alkyl halides is 4. The Labute approximate surface area is 221 Å². The van der Waals surface area contributed by atoms with Crippen LogP contribution in [-0.2, 0) is 16.0 Å². The van der Waals surface area contributed by atoms with E-state index in [2.05, 4.69) is 17.4 Å². The number of carbonyl (C=O) groups excluding carboxylic acids is 1. The second-order valence-corrected chi connectivity index (χ2v) is 9.46. The first-order valence-electron chi connectivity index (χ1n) is 10.8. The van der Waals surface area contributed by atoms with Gasteiger partial charge >= 0.3 is 11.5 Å². The van der Waals surface area contributed by atoms with Crippen molar-refractivity contribution in [1.29, 1.82) is 0 Å². The number of ether oxygens (including phenoxy) is 1. The summed E-state index contributed by atoms with van der Waals surface area (Å²) in [4.78, 5) is 13.0. The van der Waals surface area contributed by atoms with Crippen molar-refractivity contribution in [3.8, 4) is 5.75 Å². The molecule has 0 aromatic heterocycles. The van der Waals surface area contributed by atoms with Gasteiger partial charge in [0.15, 0.2) is 0 Å². The number of hydrogen-bond donors (Lipinski definition) is 2. The number of nitrogens with zero attached hydrogens (tertiary/aromatic N) is 1. The zero-order valence-electron chi connectivity index (χ0n) is 21.0. The molecule has 214 valence electrons. The van der Waals surface area contributed by atoms with Crippen LogP contribution in [0.2, 0.25) is 0 Å². The third-order valence-electron chi connectivity index (χ3n) is 5.38. The highest BCUT2D eigenvalue weighted by atomic mass is 32.1. The SMILES string of the molecule is COC(=O)/C=C/c1cc(F)c(C2c3ccc(O)cc3CC(C)N2CC(C)(C)F)c(F)c1.FC(F)(F)S.O.O. The maximum Gasteiger partial charge on any atom is 0.438 e. The average molecular weight is 572 g/mol. The molecule has 1 heterocycles. The number of carbonyl (C=O) groups is 1. The lowest BCUT2D eigenvalue weighted by Crippen LogP contribution is -2.48. The molecule has 5 N–H and O–H groups in total. The van der Waals surface area contributed by atoms with Gasteiger partial charge in [0.05, 0.1) is 13.2 Å². The molecule has 2 aromatic rings. The van der Waals surface area contributed by atoms with Crippen molar-refractivity contribution in [1.82, 2.24) is 4.90 Å². The van der Waals surface area contributed by atoms with Crippen molar-refractivity contribution < 1.29 is 51.9 Å².